The third-order valence-corrected chi connectivity index (χ3v) is 1.94. The minimum absolute atomic E-state index is 0.0207. The molecule has 13 heavy (non-hydrogen) atoms. The molecule has 6 heteroatoms. The van der Waals surface area contributed by atoms with Gasteiger partial charge in [-0.2, -0.15) is 0 Å². The molecule has 0 aromatic heterocycles. The Morgan fingerprint density at radius 1 is 1.62 bits per heavy atom. The van der Waals surface area contributed by atoms with Crippen LogP contribution in [0.2, 0.25) is 0 Å². The summed E-state index contributed by atoms with van der Waals surface area (Å²) in [5.74, 6) is 0.0207. The molecule has 0 aromatic carbocycles. The number of hydroxylamine groups is 1. The molecule has 0 bridgehead atoms. The summed E-state index contributed by atoms with van der Waals surface area (Å²) in [4.78, 5) is 3.92. The summed E-state index contributed by atoms with van der Waals surface area (Å²) in [5.41, 5.74) is 6.35. The van der Waals surface area contributed by atoms with E-state index in [9.17, 15) is 5.21 Å². The first-order valence-corrected chi connectivity index (χ1v) is 4.07. The molecule has 1 aliphatic carbocycles. The maximum absolute atomic E-state index is 9.32. The van der Waals surface area contributed by atoms with Crippen molar-refractivity contribution in [3.63, 3.8) is 0 Å². The van der Waals surface area contributed by atoms with E-state index in [1.54, 1.807) is 18.2 Å². The molecular weight excluding hydrogens is 192 g/mol. The van der Waals surface area contributed by atoms with Crippen LogP contribution in [0, 0.1) is 0 Å². The monoisotopic (exact) mass is 198 g/mol. The Morgan fingerprint density at radius 2 is 2.38 bits per heavy atom. The molecule has 0 saturated carbocycles. The van der Waals surface area contributed by atoms with Gasteiger partial charge < -0.3 is 5.73 Å². The normalized spacial score (nSPS) is 26.2. The Hall–Kier alpha value is -1.33. The molecule has 0 amide bonds. The van der Waals surface area contributed by atoms with Gasteiger partial charge in [-0.05, 0) is 12.2 Å². The second-order valence-electron chi connectivity index (χ2n) is 2.60. The number of hydrogen-bond donors (Lipinski definition) is 2. The number of alkyl halides is 1. The number of fused-ring (bicyclic) bond motifs is 1. The smallest absolute Gasteiger partial charge is 0.241 e. The molecule has 1 unspecified atom stereocenters. The summed E-state index contributed by atoms with van der Waals surface area (Å²) in [6.07, 6.45) is 5.07. The summed E-state index contributed by atoms with van der Waals surface area (Å²) < 4.78 is 0. The van der Waals surface area contributed by atoms with Gasteiger partial charge in [0.15, 0.2) is 0 Å². The van der Waals surface area contributed by atoms with Crippen molar-refractivity contribution < 1.29 is 5.21 Å². The number of nitrogens with zero attached hydrogens (tertiary/aromatic N) is 3. The van der Waals surface area contributed by atoms with Crippen LogP contribution in [-0.4, -0.2) is 27.4 Å². The molecule has 0 aromatic rings. The number of guanidine groups is 1. The second-order valence-corrected chi connectivity index (χ2v) is 3.10. The Kier molecular flexibility index (Phi) is 1.82. The summed E-state index contributed by atoms with van der Waals surface area (Å²) in [7, 11) is 0. The summed E-state index contributed by atoms with van der Waals surface area (Å²) in [6, 6.07) is 0. The van der Waals surface area contributed by atoms with Gasteiger partial charge in [0.05, 0.1) is 11.1 Å². The molecule has 68 valence electrons. The number of allylic oxidation sites excluding steroid dienone is 3. The van der Waals surface area contributed by atoms with E-state index in [0.717, 1.165) is 0 Å². The summed E-state index contributed by atoms with van der Waals surface area (Å²) >= 11 is 5.80. The summed E-state index contributed by atoms with van der Waals surface area (Å²) in [5, 5.41) is 13.3. The van der Waals surface area contributed by atoms with Gasteiger partial charge in [-0.15, -0.1) is 21.9 Å². The molecule has 0 radical (unpaired) electrons. The van der Waals surface area contributed by atoms with E-state index in [4.69, 9.17) is 17.3 Å². The van der Waals surface area contributed by atoms with Gasteiger partial charge in [0.1, 0.15) is 5.70 Å². The largest absolute Gasteiger partial charge is 0.366 e. The summed E-state index contributed by atoms with van der Waals surface area (Å²) in [6.45, 7) is 0. The van der Waals surface area contributed by atoms with Crippen LogP contribution in [0.4, 0.5) is 0 Å². The van der Waals surface area contributed by atoms with Gasteiger partial charge in [-0.1, -0.05) is 6.08 Å². The molecule has 5 nitrogen and oxygen atoms in total. The second kappa shape index (κ2) is 2.86. The zero-order valence-corrected chi connectivity index (χ0v) is 7.31. The first-order valence-electron chi connectivity index (χ1n) is 3.63. The van der Waals surface area contributed by atoms with E-state index in [-0.39, 0.29) is 11.3 Å². The molecular formula is C7H7ClN4O. The fourth-order valence-corrected chi connectivity index (χ4v) is 1.31. The molecule has 1 heterocycles. The van der Waals surface area contributed by atoms with Crippen LogP contribution in [0.3, 0.4) is 0 Å². The van der Waals surface area contributed by atoms with E-state index in [0.29, 0.717) is 16.6 Å². The molecule has 1 atom stereocenters. The average Bonchev–Trinajstić information content (AvgIpc) is 2.06. The third kappa shape index (κ3) is 1.43. The molecule has 1 aliphatic heterocycles. The standard InChI is InChI=1S/C7H7ClN4O/c8-4-1-2-5-6(3-4)12(13)11-7(9)10-5/h1-4,13H,(H2,9,11). The zero-order valence-electron chi connectivity index (χ0n) is 6.55. The number of aliphatic imine (C=N–C) groups is 1. The van der Waals surface area contributed by atoms with Crippen LogP contribution in [0.15, 0.2) is 34.0 Å². The van der Waals surface area contributed by atoms with Crippen LogP contribution in [0.1, 0.15) is 0 Å². The first-order chi connectivity index (χ1) is 6.16. The number of rotatable bonds is 0. The third-order valence-electron chi connectivity index (χ3n) is 1.67. The van der Waals surface area contributed by atoms with Crippen LogP contribution in [0.25, 0.3) is 0 Å². The van der Waals surface area contributed by atoms with Crippen molar-refractivity contribution in [2.75, 3.05) is 0 Å². The van der Waals surface area contributed by atoms with Crippen molar-refractivity contribution >= 4 is 23.3 Å². The molecule has 0 spiro atoms. The lowest BCUT2D eigenvalue weighted by atomic mass is 10.1. The van der Waals surface area contributed by atoms with Crippen molar-refractivity contribution in [1.29, 1.82) is 0 Å². The topological polar surface area (TPSA) is 74.2 Å². The molecule has 0 saturated heterocycles. The maximum Gasteiger partial charge on any atom is 0.241 e. The number of halogens is 1. The lowest BCUT2D eigenvalue weighted by molar-refractivity contribution is -0.0479. The van der Waals surface area contributed by atoms with Crippen molar-refractivity contribution in [3.8, 4) is 0 Å². The van der Waals surface area contributed by atoms with E-state index in [1.165, 1.54) is 0 Å². The highest BCUT2D eigenvalue weighted by molar-refractivity contribution is 6.25. The van der Waals surface area contributed by atoms with Gasteiger partial charge in [-0.3, -0.25) is 5.21 Å². The highest BCUT2D eigenvalue weighted by atomic mass is 35.5. The lowest BCUT2D eigenvalue weighted by Crippen LogP contribution is -2.30. The van der Waals surface area contributed by atoms with E-state index in [2.05, 4.69) is 10.1 Å². The van der Waals surface area contributed by atoms with E-state index >= 15 is 0 Å². The molecule has 0 fully saturated rings. The predicted molar refractivity (Wildman–Crippen MR) is 49.5 cm³/mol. The van der Waals surface area contributed by atoms with Gasteiger partial charge in [-0.25, -0.2) is 4.99 Å². The first kappa shape index (κ1) is 8.28. The number of nitrogens with two attached hydrogens (primary N) is 1. The van der Waals surface area contributed by atoms with Gasteiger partial charge in [0.25, 0.3) is 0 Å². The maximum atomic E-state index is 9.32. The van der Waals surface area contributed by atoms with Crippen LogP contribution >= 0.6 is 11.6 Å². The highest BCUT2D eigenvalue weighted by Gasteiger charge is 2.21. The molecule has 2 rings (SSSR count). The van der Waals surface area contributed by atoms with Crippen molar-refractivity contribution in [2.45, 2.75) is 5.38 Å². The SMILES string of the molecule is NC1=NN(O)C2=CC(Cl)C=CC2=N1. The average molecular weight is 199 g/mol. The Morgan fingerprint density at radius 3 is 3.15 bits per heavy atom. The Labute approximate surface area is 79.5 Å². The van der Waals surface area contributed by atoms with E-state index < -0.39 is 0 Å². The van der Waals surface area contributed by atoms with Crippen LogP contribution in [0.5, 0.6) is 0 Å². The Bertz CT molecular complexity index is 358. The van der Waals surface area contributed by atoms with Gasteiger partial charge in [0.2, 0.25) is 5.96 Å². The van der Waals surface area contributed by atoms with Gasteiger partial charge in [0, 0.05) is 0 Å². The van der Waals surface area contributed by atoms with Crippen molar-refractivity contribution in [1.82, 2.24) is 5.17 Å². The predicted octanol–water partition coefficient (Wildman–Crippen LogP) is 0.423. The number of hydrazone groups is 1. The highest BCUT2D eigenvalue weighted by Crippen LogP contribution is 2.18. The van der Waals surface area contributed by atoms with Gasteiger partial charge >= 0.3 is 0 Å². The Balaban J connectivity index is 2.42. The fourth-order valence-electron chi connectivity index (χ4n) is 1.12. The zero-order chi connectivity index (χ0) is 9.42. The van der Waals surface area contributed by atoms with Crippen molar-refractivity contribution in [2.24, 2.45) is 15.8 Å². The van der Waals surface area contributed by atoms with E-state index in [1.807, 2.05) is 0 Å². The van der Waals surface area contributed by atoms with Crippen LogP contribution in [-0.2, 0) is 0 Å². The lowest BCUT2D eigenvalue weighted by Gasteiger charge is -2.21. The minimum Gasteiger partial charge on any atom is -0.366 e. The fraction of sp³-hybridized carbons (Fsp3) is 0.143. The molecule has 3 N–H and O–H groups in total. The number of hydrogen-bond acceptors (Lipinski definition) is 5. The quantitative estimate of drug-likeness (QED) is 0.554. The van der Waals surface area contributed by atoms with Crippen molar-refractivity contribution in [3.05, 3.63) is 23.9 Å². The van der Waals surface area contributed by atoms with Crippen LogP contribution < -0.4 is 5.73 Å². The minimum atomic E-state index is -0.252. The molecule has 2 aliphatic rings.